The van der Waals surface area contributed by atoms with Crippen molar-refractivity contribution >= 4 is 23.0 Å². The number of aryl methyl sites for hydroxylation is 1. The van der Waals surface area contributed by atoms with Crippen LogP contribution in [0.25, 0.3) is 0 Å². The van der Waals surface area contributed by atoms with Gasteiger partial charge in [0.25, 0.3) is 0 Å². The Balaban J connectivity index is 1.87. The zero-order valence-electron chi connectivity index (χ0n) is 10.0. The molecule has 4 nitrogen and oxygen atoms in total. The Kier molecular flexibility index (Phi) is 3.93. The molecule has 0 aromatic carbocycles. The molecule has 2 N–H and O–H groups in total. The molecule has 0 unspecified atom stereocenters. The van der Waals surface area contributed by atoms with Crippen molar-refractivity contribution in [3.63, 3.8) is 0 Å². The summed E-state index contributed by atoms with van der Waals surface area (Å²) in [5, 5.41) is 8.43. The van der Waals surface area contributed by atoms with Gasteiger partial charge in [-0.05, 0) is 30.4 Å². The van der Waals surface area contributed by atoms with E-state index in [0.29, 0.717) is 0 Å². The molecule has 2 rings (SSSR count). The average Bonchev–Trinajstić information content (AvgIpc) is 2.76. The molecule has 90 valence electrons. The molecule has 5 heteroatoms. The lowest BCUT2D eigenvalue weighted by Gasteiger charge is -2.06. The van der Waals surface area contributed by atoms with Crippen LogP contribution in [-0.2, 0) is 6.42 Å². The van der Waals surface area contributed by atoms with Crippen LogP contribution in [0, 0.1) is 6.92 Å². The minimum absolute atomic E-state index is 0.829. The summed E-state index contributed by atoms with van der Waals surface area (Å²) in [5.41, 5.74) is 1.37. The maximum absolute atomic E-state index is 4.17. The summed E-state index contributed by atoms with van der Waals surface area (Å²) >= 11 is 1.81. The number of thiophene rings is 1. The molecule has 0 atom stereocenters. The fourth-order valence-corrected chi connectivity index (χ4v) is 2.47. The quantitative estimate of drug-likeness (QED) is 0.853. The molecule has 0 saturated heterocycles. The molecule has 17 heavy (non-hydrogen) atoms. The second-order valence-corrected chi connectivity index (χ2v) is 4.74. The van der Waals surface area contributed by atoms with Gasteiger partial charge in [0.2, 0.25) is 0 Å². The topological polar surface area (TPSA) is 49.8 Å². The van der Waals surface area contributed by atoms with Crippen molar-refractivity contribution in [2.24, 2.45) is 0 Å². The van der Waals surface area contributed by atoms with E-state index in [2.05, 4.69) is 39.0 Å². The summed E-state index contributed by atoms with van der Waals surface area (Å²) < 4.78 is 0. The summed E-state index contributed by atoms with van der Waals surface area (Å²) in [5.74, 6) is 1.69. The molecule has 0 aliphatic heterocycles. The van der Waals surface area contributed by atoms with Crippen molar-refractivity contribution in [1.82, 2.24) is 9.97 Å². The Morgan fingerprint density at radius 1 is 1.29 bits per heavy atom. The Morgan fingerprint density at radius 2 is 2.12 bits per heavy atom. The van der Waals surface area contributed by atoms with Crippen LogP contribution in [-0.4, -0.2) is 23.6 Å². The maximum atomic E-state index is 4.17. The van der Waals surface area contributed by atoms with Gasteiger partial charge in [0.1, 0.15) is 18.0 Å². The molecule has 0 bridgehead atoms. The summed E-state index contributed by atoms with van der Waals surface area (Å²) in [6.45, 7) is 3.04. The fourth-order valence-electron chi connectivity index (χ4n) is 1.56. The third-order valence-electron chi connectivity index (χ3n) is 2.55. The predicted molar refractivity (Wildman–Crippen MR) is 72.8 cm³/mol. The van der Waals surface area contributed by atoms with E-state index in [1.165, 1.54) is 10.4 Å². The van der Waals surface area contributed by atoms with Gasteiger partial charge in [0, 0.05) is 24.5 Å². The highest BCUT2D eigenvalue weighted by Crippen LogP contribution is 2.16. The second-order valence-electron chi connectivity index (χ2n) is 3.74. The number of rotatable bonds is 5. The number of nitrogens with one attached hydrogen (secondary N) is 2. The summed E-state index contributed by atoms with van der Waals surface area (Å²) in [6.07, 6.45) is 2.59. The molecule has 0 fully saturated rings. The normalized spacial score (nSPS) is 10.2. The predicted octanol–water partition coefficient (Wildman–Crippen LogP) is 2.54. The van der Waals surface area contributed by atoms with Crippen LogP contribution in [0.2, 0.25) is 0 Å². The van der Waals surface area contributed by atoms with E-state index in [0.717, 1.165) is 24.6 Å². The van der Waals surface area contributed by atoms with E-state index in [1.807, 2.05) is 24.5 Å². The lowest BCUT2D eigenvalue weighted by Crippen LogP contribution is -2.06. The van der Waals surface area contributed by atoms with Gasteiger partial charge in [-0.2, -0.15) is 0 Å². The first-order valence-corrected chi connectivity index (χ1v) is 6.44. The third kappa shape index (κ3) is 3.17. The Hall–Kier alpha value is -1.62. The van der Waals surface area contributed by atoms with Crippen LogP contribution in [0.1, 0.15) is 10.4 Å². The van der Waals surface area contributed by atoms with Gasteiger partial charge < -0.3 is 10.6 Å². The van der Waals surface area contributed by atoms with Crippen molar-refractivity contribution in [3.8, 4) is 0 Å². The molecular weight excluding hydrogens is 232 g/mol. The summed E-state index contributed by atoms with van der Waals surface area (Å²) in [4.78, 5) is 9.67. The SMILES string of the molecule is CNc1cc(NCCc2sccc2C)ncn1. The summed E-state index contributed by atoms with van der Waals surface area (Å²) in [7, 11) is 1.85. The minimum atomic E-state index is 0.829. The first-order valence-electron chi connectivity index (χ1n) is 5.56. The molecule has 2 heterocycles. The minimum Gasteiger partial charge on any atom is -0.373 e. The highest BCUT2D eigenvalue weighted by atomic mass is 32.1. The number of aromatic nitrogens is 2. The van der Waals surface area contributed by atoms with Gasteiger partial charge >= 0.3 is 0 Å². The van der Waals surface area contributed by atoms with E-state index in [9.17, 15) is 0 Å². The van der Waals surface area contributed by atoms with E-state index < -0.39 is 0 Å². The molecule has 0 aliphatic rings. The zero-order valence-corrected chi connectivity index (χ0v) is 10.8. The number of hydrogen-bond donors (Lipinski definition) is 2. The van der Waals surface area contributed by atoms with Crippen molar-refractivity contribution in [2.75, 3.05) is 24.2 Å². The number of hydrogen-bond acceptors (Lipinski definition) is 5. The molecule has 2 aromatic heterocycles. The smallest absolute Gasteiger partial charge is 0.131 e. The Bertz CT molecular complexity index is 481. The zero-order chi connectivity index (χ0) is 12.1. The number of anilines is 2. The molecule has 0 aliphatic carbocycles. The molecule has 0 spiro atoms. The van der Waals surface area contributed by atoms with E-state index in [4.69, 9.17) is 0 Å². The highest BCUT2D eigenvalue weighted by Gasteiger charge is 2.00. The lowest BCUT2D eigenvalue weighted by atomic mass is 10.2. The van der Waals surface area contributed by atoms with Crippen LogP contribution >= 0.6 is 11.3 Å². The van der Waals surface area contributed by atoms with Crippen LogP contribution < -0.4 is 10.6 Å². The third-order valence-corrected chi connectivity index (χ3v) is 3.63. The van der Waals surface area contributed by atoms with Gasteiger partial charge in [-0.15, -0.1) is 11.3 Å². The van der Waals surface area contributed by atoms with Crippen molar-refractivity contribution in [2.45, 2.75) is 13.3 Å². The maximum Gasteiger partial charge on any atom is 0.131 e. The van der Waals surface area contributed by atoms with E-state index in [-0.39, 0.29) is 0 Å². The first kappa shape index (κ1) is 11.9. The van der Waals surface area contributed by atoms with Gasteiger partial charge in [-0.1, -0.05) is 0 Å². The van der Waals surface area contributed by atoms with Gasteiger partial charge in [0.05, 0.1) is 0 Å². The molecule has 2 aromatic rings. The van der Waals surface area contributed by atoms with E-state index in [1.54, 1.807) is 6.33 Å². The van der Waals surface area contributed by atoms with Crippen LogP contribution in [0.5, 0.6) is 0 Å². The van der Waals surface area contributed by atoms with Crippen LogP contribution in [0.4, 0.5) is 11.6 Å². The Morgan fingerprint density at radius 3 is 2.82 bits per heavy atom. The first-order chi connectivity index (χ1) is 8.29. The average molecular weight is 248 g/mol. The highest BCUT2D eigenvalue weighted by molar-refractivity contribution is 7.10. The van der Waals surface area contributed by atoms with Crippen molar-refractivity contribution < 1.29 is 0 Å². The van der Waals surface area contributed by atoms with Crippen molar-refractivity contribution in [3.05, 3.63) is 34.3 Å². The van der Waals surface area contributed by atoms with Crippen LogP contribution in [0.15, 0.2) is 23.8 Å². The Labute approximate surface area is 105 Å². The monoisotopic (exact) mass is 248 g/mol. The standard InChI is InChI=1S/C12H16N4S/c1-9-4-6-17-10(9)3-5-14-12-7-11(13-2)15-8-16-12/h4,6-8H,3,5H2,1-2H3,(H2,13,14,15,16). The number of nitrogens with zero attached hydrogens (tertiary/aromatic N) is 2. The molecule has 0 saturated carbocycles. The largest absolute Gasteiger partial charge is 0.373 e. The van der Waals surface area contributed by atoms with Crippen LogP contribution in [0.3, 0.4) is 0 Å². The molecule has 0 amide bonds. The fraction of sp³-hybridized carbons (Fsp3) is 0.333. The summed E-state index contributed by atoms with van der Waals surface area (Å²) in [6, 6.07) is 4.06. The van der Waals surface area contributed by atoms with Gasteiger partial charge in [0.15, 0.2) is 0 Å². The van der Waals surface area contributed by atoms with Gasteiger partial charge in [-0.3, -0.25) is 0 Å². The van der Waals surface area contributed by atoms with Gasteiger partial charge in [-0.25, -0.2) is 9.97 Å². The van der Waals surface area contributed by atoms with Crippen molar-refractivity contribution in [1.29, 1.82) is 0 Å². The molecule has 0 radical (unpaired) electrons. The van der Waals surface area contributed by atoms with E-state index >= 15 is 0 Å². The lowest BCUT2D eigenvalue weighted by molar-refractivity contribution is 1.01. The molecular formula is C12H16N4S. The second kappa shape index (κ2) is 5.63.